The Balaban J connectivity index is 1.65. The number of nitrogens with zero attached hydrogens (tertiary/aromatic N) is 1. The van der Waals surface area contributed by atoms with Gasteiger partial charge in [0.1, 0.15) is 5.75 Å². The molecule has 0 unspecified atom stereocenters. The van der Waals surface area contributed by atoms with Gasteiger partial charge in [-0.25, -0.2) is 0 Å². The molecular formula is C24H29NO5. The van der Waals surface area contributed by atoms with E-state index in [1.165, 1.54) is 19.3 Å². The highest BCUT2D eigenvalue weighted by atomic mass is 16.7. The van der Waals surface area contributed by atoms with Gasteiger partial charge in [0, 0.05) is 42.1 Å². The van der Waals surface area contributed by atoms with Crippen molar-refractivity contribution in [3.05, 3.63) is 41.5 Å². The summed E-state index contributed by atoms with van der Waals surface area (Å²) in [7, 11) is 3.38. The molecule has 0 spiro atoms. The average molecular weight is 411 g/mol. The van der Waals surface area contributed by atoms with Gasteiger partial charge in [-0.3, -0.25) is 4.90 Å². The van der Waals surface area contributed by atoms with Crippen LogP contribution in [0, 0.1) is 5.92 Å². The van der Waals surface area contributed by atoms with E-state index in [9.17, 15) is 0 Å². The molecule has 0 aliphatic carbocycles. The van der Waals surface area contributed by atoms with Crippen molar-refractivity contribution in [1.82, 2.24) is 4.90 Å². The first-order chi connectivity index (χ1) is 14.7. The van der Waals surface area contributed by atoms with Gasteiger partial charge >= 0.3 is 0 Å². The van der Waals surface area contributed by atoms with Crippen LogP contribution in [-0.2, 0) is 0 Å². The molecule has 0 amide bonds. The molecule has 3 aliphatic rings. The van der Waals surface area contributed by atoms with Crippen LogP contribution in [0.4, 0.5) is 0 Å². The number of ether oxygens (including phenoxy) is 5. The molecular weight excluding hydrogens is 382 g/mol. The molecule has 0 N–H and O–H groups in total. The van der Waals surface area contributed by atoms with Gasteiger partial charge in [-0.1, -0.05) is 25.5 Å². The second-order valence-electron chi connectivity index (χ2n) is 8.27. The molecule has 2 aromatic carbocycles. The third-order valence-electron chi connectivity index (χ3n) is 6.58. The number of likely N-dealkylation sites (tertiary alicyclic amines) is 1. The average Bonchev–Trinajstić information content (AvgIpc) is 3.24. The van der Waals surface area contributed by atoms with Crippen molar-refractivity contribution in [2.24, 2.45) is 5.92 Å². The maximum Gasteiger partial charge on any atom is 0.231 e. The van der Waals surface area contributed by atoms with Crippen LogP contribution >= 0.6 is 0 Å². The molecule has 6 heteroatoms. The molecule has 5 rings (SSSR count). The van der Waals surface area contributed by atoms with E-state index in [4.69, 9.17) is 23.7 Å². The van der Waals surface area contributed by atoms with E-state index in [-0.39, 0.29) is 24.9 Å². The molecule has 3 aliphatic heterocycles. The van der Waals surface area contributed by atoms with E-state index in [1.807, 2.05) is 18.2 Å². The van der Waals surface area contributed by atoms with Gasteiger partial charge in [-0.05, 0) is 25.0 Å². The molecule has 6 nitrogen and oxygen atoms in total. The van der Waals surface area contributed by atoms with Crippen molar-refractivity contribution in [1.29, 1.82) is 0 Å². The Morgan fingerprint density at radius 2 is 1.67 bits per heavy atom. The first kappa shape index (κ1) is 19.4. The SMILES string of the molecule is COc1cccc([C@@H]2c3cc4c(cc3O[C@H](N3CCCCC3)[C@H]2C)OCO4)c1OC. The minimum absolute atomic E-state index is 0.000853. The van der Waals surface area contributed by atoms with Crippen molar-refractivity contribution < 1.29 is 23.7 Å². The minimum Gasteiger partial charge on any atom is -0.493 e. The number of piperidine rings is 1. The van der Waals surface area contributed by atoms with Crippen LogP contribution in [0.15, 0.2) is 30.3 Å². The van der Waals surface area contributed by atoms with Gasteiger partial charge in [0.15, 0.2) is 29.2 Å². The molecule has 1 saturated heterocycles. The Morgan fingerprint density at radius 3 is 2.40 bits per heavy atom. The lowest BCUT2D eigenvalue weighted by Gasteiger charge is -2.44. The lowest BCUT2D eigenvalue weighted by atomic mass is 9.77. The van der Waals surface area contributed by atoms with Crippen LogP contribution in [0.3, 0.4) is 0 Å². The highest BCUT2D eigenvalue weighted by Gasteiger charge is 2.42. The van der Waals surface area contributed by atoms with Gasteiger partial charge in [0.2, 0.25) is 6.79 Å². The first-order valence-corrected chi connectivity index (χ1v) is 10.8. The molecule has 2 aromatic rings. The van der Waals surface area contributed by atoms with Gasteiger partial charge in [0.25, 0.3) is 0 Å². The fourth-order valence-electron chi connectivity index (χ4n) is 5.16. The maximum atomic E-state index is 6.61. The zero-order chi connectivity index (χ0) is 20.7. The van der Waals surface area contributed by atoms with E-state index in [2.05, 4.69) is 24.0 Å². The molecule has 0 radical (unpaired) electrons. The van der Waals surface area contributed by atoms with Crippen LogP contribution in [0.25, 0.3) is 0 Å². The largest absolute Gasteiger partial charge is 0.493 e. The molecule has 3 heterocycles. The van der Waals surface area contributed by atoms with E-state index >= 15 is 0 Å². The van der Waals surface area contributed by atoms with Crippen LogP contribution < -0.4 is 23.7 Å². The van der Waals surface area contributed by atoms with E-state index in [1.54, 1.807) is 14.2 Å². The topological polar surface area (TPSA) is 49.4 Å². The van der Waals surface area contributed by atoms with Crippen LogP contribution in [0.1, 0.15) is 43.2 Å². The standard InChI is InChI=1S/C24H29NO5/c1-15-22(16-8-7-9-18(26-2)23(16)27-3)17-12-20-21(29-14-28-20)13-19(17)30-24(15)25-10-5-4-6-11-25/h7-9,12-13,15,22,24H,4-6,10-11,14H2,1-3H3/t15-,22+,24-/m0/s1. The Hall–Kier alpha value is -2.60. The number of fused-ring (bicyclic) bond motifs is 2. The smallest absolute Gasteiger partial charge is 0.231 e. The van der Waals surface area contributed by atoms with Crippen molar-refractivity contribution >= 4 is 0 Å². The molecule has 160 valence electrons. The van der Waals surface area contributed by atoms with Crippen LogP contribution in [0.2, 0.25) is 0 Å². The number of hydrogen-bond donors (Lipinski definition) is 0. The van der Waals surface area contributed by atoms with Crippen molar-refractivity contribution in [3.8, 4) is 28.7 Å². The van der Waals surface area contributed by atoms with E-state index in [0.717, 1.165) is 53.0 Å². The van der Waals surface area contributed by atoms with Crippen LogP contribution in [0.5, 0.6) is 28.7 Å². The van der Waals surface area contributed by atoms with Gasteiger partial charge in [-0.15, -0.1) is 0 Å². The third-order valence-corrected chi connectivity index (χ3v) is 6.58. The molecule has 1 fully saturated rings. The summed E-state index contributed by atoms with van der Waals surface area (Å²) in [6.07, 6.45) is 3.72. The number of hydrogen-bond acceptors (Lipinski definition) is 6. The predicted octanol–water partition coefficient (Wildman–Crippen LogP) is 4.40. The Morgan fingerprint density at radius 1 is 0.900 bits per heavy atom. The quantitative estimate of drug-likeness (QED) is 0.743. The van der Waals surface area contributed by atoms with Gasteiger partial charge in [-0.2, -0.15) is 0 Å². The van der Waals surface area contributed by atoms with E-state index in [0.29, 0.717) is 0 Å². The Labute approximate surface area is 177 Å². The molecule has 0 aromatic heterocycles. The molecule has 0 saturated carbocycles. The van der Waals surface area contributed by atoms with E-state index < -0.39 is 0 Å². The maximum absolute atomic E-state index is 6.61. The number of benzene rings is 2. The fourth-order valence-corrected chi connectivity index (χ4v) is 5.16. The first-order valence-electron chi connectivity index (χ1n) is 10.8. The highest BCUT2D eigenvalue weighted by molar-refractivity contribution is 5.59. The predicted molar refractivity (Wildman–Crippen MR) is 113 cm³/mol. The summed E-state index contributed by atoms with van der Waals surface area (Å²) in [4.78, 5) is 2.49. The fraction of sp³-hybridized carbons (Fsp3) is 0.500. The monoisotopic (exact) mass is 411 g/mol. The second-order valence-corrected chi connectivity index (χ2v) is 8.27. The normalized spacial score (nSPS) is 25.4. The Bertz CT molecular complexity index is 924. The third kappa shape index (κ3) is 3.14. The summed E-state index contributed by atoms with van der Waals surface area (Å²) in [5.41, 5.74) is 2.21. The number of para-hydroxylation sites is 1. The summed E-state index contributed by atoms with van der Waals surface area (Å²) in [5.74, 6) is 4.20. The second kappa shape index (κ2) is 7.91. The van der Waals surface area contributed by atoms with Crippen molar-refractivity contribution in [2.45, 2.75) is 38.3 Å². The lowest BCUT2D eigenvalue weighted by Crippen LogP contribution is -2.50. The highest BCUT2D eigenvalue weighted by Crippen LogP contribution is 2.52. The zero-order valence-electron chi connectivity index (χ0n) is 17.8. The number of methoxy groups -OCH3 is 2. The molecule has 3 atom stereocenters. The summed E-state index contributed by atoms with van der Waals surface area (Å²) < 4.78 is 29.3. The summed E-state index contributed by atoms with van der Waals surface area (Å²) in [5, 5.41) is 0. The summed E-state index contributed by atoms with van der Waals surface area (Å²) in [6, 6.07) is 10.2. The Kier molecular flexibility index (Phi) is 5.11. The van der Waals surface area contributed by atoms with Crippen LogP contribution in [-0.4, -0.2) is 45.2 Å². The molecule has 0 bridgehead atoms. The molecule has 30 heavy (non-hydrogen) atoms. The lowest BCUT2D eigenvalue weighted by molar-refractivity contribution is -0.0405. The zero-order valence-corrected chi connectivity index (χ0v) is 17.8. The van der Waals surface area contributed by atoms with Gasteiger partial charge < -0.3 is 23.7 Å². The summed E-state index contributed by atoms with van der Waals surface area (Å²) >= 11 is 0. The minimum atomic E-state index is -0.000853. The summed E-state index contributed by atoms with van der Waals surface area (Å²) in [6.45, 7) is 4.65. The number of rotatable bonds is 4. The van der Waals surface area contributed by atoms with Gasteiger partial charge in [0.05, 0.1) is 14.2 Å². The van der Waals surface area contributed by atoms with Crippen molar-refractivity contribution in [3.63, 3.8) is 0 Å². The van der Waals surface area contributed by atoms with Crippen molar-refractivity contribution in [2.75, 3.05) is 34.1 Å².